The Kier molecular flexibility index (Phi) is 8.90. The van der Waals surface area contributed by atoms with Gasteiger partial charge in [-0.3, -0.25) is 16.3 Å². The van der Waals surface area contributed by atoms with Gasteiger partial charge in [-0.25, -0.2) is 0 Å². The molecule has 0 atom stereocenters. The molecular formula is C39H27IrN3S-2. The molecule has 0 unspecified atom stereocenters. The van der Waals surface area contributed by atoms with E-state index in [2.05, 4.69) is 113 Å². The van der Waals surface area contributed by atoms with Crippen molar-refractivity contribution in [1.29, 1.82) is 0 Å². The van der Waals surface area contributed by atoms with Crippen LogP contribution in [0.2, 0.25) is 0 Å². The van der Waals surface area contributed by atoms with Crippen LogP contribution in [0.25, 0.3) is 60.6 Å². The van der Waals surface area contributed by atoms with E-state index >= 15 is 0 Å². The molecule has 0 bridgehead atoms. The fourth-order valence-electron chi connectivity index (χ4n) is 5.22. The number of aryl methyl sites for hydroxylation is 1. The number of rotatable bonds is 4. The van der Waals surface area contributed by atoms with E-state index in [4.69, 9.17) is 4.98 Å². The first kappa shape index (κ1) is 29.4. The SMILES string of the molecule is Cc1ccc2s[c-]c(-c3nc4ccccc4n3-c3ccc(-c4ccccc4)cc3)c2c1.[Ir].[c-]1ccccc1-c1ccccn1. The van der Waals surface area contributed by atoms with Crippen LogP contribution < -0.4 is 0 Å². The van der Waals surface area contributed by atoms with Gasteiger partial charge in [0.2, 0.25) is 0 Å². The van der Waals surface area contributed by atoms with Gasteiger partial charge in [0.15, 0.2) is 0 Å². The average molecular weight is 762 g/mol. The van der Waals surface area contributed by atoms with E-state index in [1.54, 1.807) is 17.5 Å². The van der Waals surface area contributed by atoms with Crippen molar-refractivity contribution in [2.75, 3.05) is 0 Å². The van der Waals surface area contributed by atoms with E-state index in [0.717, 1.165) is 39.4 Å². The van der Waals surface area contributed by atoms with Gasteiger partial charge >= 0.3 is 0 Å². The van der Waals surface area contributed by atoms with Crippen LogP contribution in [0.5, 0.6) is 0 Å². The predicted molar refractivity (Wildman–Crippen MR) is 179 cm³/mol. The van der Waals surface area contributed by atoms with Crippen LogP contribution in [-0.2, 0) is 20.1 Å². The van der Waals surface area contributed by atoms with E-state index in [-0.39, 0.29) is 20.1 Å². The summed E-state index contributed by atoms with van der Waals surface area (Å²) in [5.41, 5.74) is 9.94. The summed E-state index contributed by atoms with van der Waals surface area (Å²) in [4.78, 5) is 9.25. The standard InChI is InChI=1S/C28H19N2S.C11H8N.Ir/c1-19-11-16-27-23(17-19)24(18-31-27)28-29-25-9-5-6-10-26(25)30(28)22-14-12-21(13-15-22)20-7-3-2-4-8-20;1-2-6-10(7-3-1)11-8-4-5-9-12-11;/h2-17H,1H3;1-6,8-9H;/q2*-1;. The number of para-hydroxylation sites is 2. The van der Waals surface area contributed by atoms with Gasteiger partial charge in [0, 0.05) is 32.0 Å². The maximum Gasteiger partial charge on any atom is 0.0774 e. The van der Waals surface area contributed by atoms with E-state index in [0.29, 0.717) is 0 Å². The van der Waals surface area contributed by atoms with Gasteiger partial charge < -0.3 is 9.55 Å². The van der Waals surface area contributed by atoms with Gasteiger partial charge in [-0.1, -0.05) is 100 Å². The molecule has 3 aromatic heterocycles. The van der Waals surface area contributed by atoms with Crippen molar-refractivity contribution in [2.45, 2.75) is 6.92 Å². The minimum atomic E-state index is 0. The predicted octanol–water partition coefficient (Wildman–Crippen LogP) is 10.2. The van der Waals surface area contributed by atoms with E-state index < -0.39 is 0 Å². The average Bonchev–Trinajstić information content (AvgIpc) is 3.67. The quantitative estimate of drug-likeness (QED) is 0.167. The van der Waals surface area contributed by atoms with Crippen molar-refractivity contribution in [1.82, 2.24) is 14.5 Å². The molecule has 0 spiro atoms. The monoisotopic (exact) mass is 762 g/mol. The van der Waals surface area contributed by atoms with Gasteiger partial charge in [0.05, 0.1) is 16.9 Å². The molecule has 3 heterocycles. The van der Waals surface area contributed by atoms with Crippen molar-refractivity contribution >= 4 is 32.5 Å². The molecular weight excluding hydrogens is 735 g/mol. The Labute approximate surface area is 274 Å². The molecule has 0 aliphatic carbocycles. The van der Waals surface area contributed by atoms with Crippen molar-refractivity contribution in [3.05, 3.63) is 163 Å². The summed E-state index contributed by atoms with van der Waals surface area (Å²) in [6.07, 6.45) is 1.79. The molecule has 0 saturated heterocycles. The van der Waals surface area contributed by atoms with Crippen molar-refractivity contribution in [3.63, 3.8) is 0 Å². The molecule has 0 aliphatic heterocycles. The minimum absolute atomic E-state index is 0. The van der Waals surface area contributed by atoms with Crippen LogP contribution in [-0.4, -0.2) is 14.5 Å². The number of hydrogen-bond acceptors (Lipinski definition) is 3. The molecule has 0 saturated carbocycles. The maximum absolute atomic E-state index is 5.03. The summed E-state index contributed by atoms with van der Waals surface area (Å²) in [6, 6.07) is 50.9. The molecule has 0 aliphatic rings. The molecule has 215 valence electrons. The molecule has 8 aromatic rings. The number of thiophene rings is 1. The van der Waals surface area contributed by atoms with Crippen LogP contribution in [0.1, 0.15) is 5.56 Å². The second kappa shape index (κ2) is 13.3. The fraction of sp³-hybridized carbons (Fsp3) is 0.0256. The van der Waals surface area contributed by atoms with Gasteiger partial charge in [0.1, 0.15) is 0 Å². The van der Waals surface area contributed by atoms with E-state index in [1.165, 1.54) is 26.8 Å². The summed E-state index contributed by atoms with van der Waals surface area (Å²) in [5, 5.41) is 4.73. The summed E-state index contributed by atoms with van der Waals surface area (Å²) in [6.45, 7) is 2.13. The van der Waals surface area contributed by atoms with Gasteiger partial charge in [-0.05, 0) is 54.1 Å². The first-order valence-corrected chi connectivity index (χ1v) is 15.0. The molecule has 44 heavy (non-hydrogen) atoms. The van der Waals surface area contributed by atoms with Crippen molar-refractivity contribution < 1.29 is 20.1 Å². The fourth-order valence-corrected chi connectivity index (χ4v) is 6.04. The topological polar surface area (TPSA) is 30.7 Å². The van der Waals surface area contributed by atoms with Crippen LogP contribution >= 0.6 is 11.3 Å². The second-order valence-electron chi connectivity index (χ2n) is 10.2. The molecule has 0 N–H and O–H groups in total. The zero-order valence-corrected chi connectivity index (χ0v) is 27.2. The van der Waals surface area contributed by atoms with Crippen molar-refractivity contribution in [2.24, 2.45) is 0 Å². The van der Waals surface area contributed by atoms with Crippen molar-refractivity contribution in [3.8, 4) is 39.5 Å². The summed E-state index contributed by atoms with van der Waals surface area (Å²) >= 11 is 1.65. The summed E-state index contributed by atoms with van der Waals surface area (Å²) in [5.74, 6) is 0.936. The Hall–Kier alpha value is -4.67. The maximum atomic E-state index is 5.03. The number of imidazole rings is 1. The number of hydrogen-bond donors (Lipinski definition) is 0. The second-order valence-corrected chi connectivity index (χ2v) is 11.1. The third-order valence-electron chi connectivity index (χ3n) is 7.33. The first-order valence-electron chi connectivity index (χ1n) is 14.2. The molecule has 1 radical (unpaired) electrons. The largest absolute Gasteiger partial charge is 0.333 e. The molecule has 0 fully saturated rings. The number of benzene rings is 5. The smallest absolute Gasteiger partial charge is 0.0774 e. The van der Waals surface area contributed by atoms with E-state index in [1.807, 2.05) is 54.6 Å². The van der Waals surface area contributed by atoms with Crippen LogP contribution in [0.4, 0.5) is 0 Å². The normalized spacial score (nSPS) is 10.7. The van der Waals surface area contributed by atoms with Crippen LogP contribution in [0.3, 0.4) is 0 Å². The minimum Gasteiger partial charge on any atom is -0.333 e. The summed E-state index contributed by atoms with van der Waals surface area (Å²) < 4.78 is 3.49. The molecule has 5 heteroatoms. The van der Waals surface area contributed by atoms with Crippen LogP contribution in [0, 0.1) is 18.4 Å². The number of fused-ring (bicyclic) bond motifs is 2. The van der Waals surface area contributed by atoms with E-state index in [9.17, 15) is 0 Å². The Morgan fingerprint density at radius 3 is 2.23 bits per heavy atom. The first-order chi connectivity index (χ1) is 21.2. The molecule has 8 rings (SSSR count). The zero-order chi connectivity index (χ0) is 29.0. The Morgan fingerprint density at radius 2 is 1.45 bits per heavy atom. The van der Waals surface area contributed by atoms with Gasteiger partial charge in [-0.2, -0.15) is 0 Å². The Bertz CT molecular complexity index is 2080. The van der Waals surface area contributed by atoms with Gasteiger partial charge in [0.25, 0.3) is 0 Å². The molecule has 5 aromatic carbocycles. The third kappa shape index (κ3) is 6.04. The molecule has 0 amide bonds. The Morgan fingerprint density at radius 1 is 0.705 bits per heavy atom. The third-order valence-corrected chi connectivity index (χ3v) is 8.22. The number of pyridine rings is 1. The Balaban J connectivity index is 0.000000222. The zero-order valence-electron chi connectivity index (χ0n) is 23.9. The number of aromatic nitrogens is 3. The number of nitrogens with zero attached hydrogens (tertiary/aromatic N) is 3. The molecule has 3 nitrogen and oxygen atoms in total. The summed E-state index contributed by atoms with van der Waals surface area (Å²) in [7, 11) is 0. The van der Waals surface area contributed by atoms with Gasteiger partial charge in [-0.15, -0.1) is 47.3 Å². The van der Waals surface area contributed by atoms with Crippen LogP contribution in [0.15, 0.2) is 146 Å².